The number of rotatable bonds is 4. The van der Waals surface area contributed by atoms with Gasteiger partial charge in [0, 0.05) is 5.38 Å². The van der Waals surface area contributed by atoms with E-state index in [2.05, 4.69) is 15.1 Å². The summed E-state index contributed by atoms with van der Waals surface area (Å²) in [7, 11) is 0. The van der Waals surface area contributed by atoms with Gasteiger partial charge in [-0.1, -0.05) is 41.3 Å². The quantitative estimate of drug-likeness (QED) is 0.746. The Bertz CT molecular complexity index is 662. The zero-order valence-electron chi connectivity index (χ0n) is 9.98. The number of anilines is 1. The predicted octanol–water partition coefficient (Wildman–Crippen LogP) is 2.02. The molecule has 1 aromatic carbocycles. The van der Waals surface area contributed by atoms with Crippen molar-refractivity contribution in [1.29, 1.82) is 0 Å². The topological polar surface area (TPSA) is 70.9 Å². The number of thiazole rings is 1. The van der Waals surface area contributed by atoms with Crippen LogP contribution in [0.15, 0.2) is 47.2 Å². The van der Waals surface area contributed by atoms with Gasteiger partial charge in [-0.3, -0.25) is 5.73 Å². The van der Waals surface area contributed by atoms with E-state index >= 15 is 0 Å². The molecule has 96 valence electrons. The number of nitrogens with zero attached hydrogens (tertiary/aromatic N) is 3. The van der Waals surface area contributed by atoms with Crippen LogP contribution in [0.4, 0.5) is 5.13 Å². The highest BCUT2D eigenvalue weighted by molar-refractivity contribution is 7.98. The molecule has 0 saturated heterocycles. The van der Waals surface area contributed by atoms with Crippen LogP contribution in [-0.2, 0) is 5.75 Å². The lowest BCUT2D eigenvalue weighted by Crippen LogP contribution is -2.08. The minimum Gasteiger partial charge on any atom is -0.278 e. The molecule has 0 atom stereocenters. The monoisotopic (exact) mass is 290 g/mol. The predicted molar refractivity (Wildman–Crippen MR) is 76.2 cm³/mol. The highest BCUT2D eigenvalue weighted by Crippen LogP contribution is 2.19. The Hall–Kier alpha value is -1.86. The number of hydrogen-bond acceptors (Lipinski definition) is 5. The molecular weight excluding hydrogens is 278 g/mol. The average Bonchev–Trinajstić information content (AvgIpc) is 3.06. The van der Waals surface area contributed by atoms with Crippen molar-refractivity contribution in [1.82, 2.24) is 14.8 Å². The summed E-state index contributed by atoms with van der Waals surface area (Å²) in [5.41, 5.74) is 7.74. The van der Waals surface area contributed by atoms with Crippen LogP contribution >= 0.6 is 23.1 Å². The van der Waals surface area contributed by atoms with Gasteiger partial charge in [-0.05, 0) is 12.1 Å². The second-order valence-electron chi connectivity index (χ2n) is 3.85. The van der Waals surface area contributed by atoms with Gasteiger partial charge in [0.15, 0.2) is 0 Å². The maximum Gasteiger partial charge on any atom is 0.329 e. The molecular formula is C12H12N5S2+. The Balaban J connectivity index is 1.68. The standard InChI is InChI=1S/C12H11N5S2/c13-11-15-9(6-18-11)7-19-12-14-8-17(16-12)10-4-2-1-3-5-10/h1-6,8H,7H2,(H2,13,15)/p+1. The molecule has 0 spiro atoms. The van der Waals surface area contributed by atoms with Gasteiger partial charge in [0.05, 0.1) is 11.4 Å². The zero-order chi connectivity index (χ0) is 13.1. The maximum absolute atomic E-state index is 5.65. The van der Waals surface area contributed by atoms with Crippen LogP contribution in [0.25, 0.3) is 5.69 Å². The Morgan fingerprint density at radius 1 is 1.32 bits per heavy atom. The van der Waals surface area contributed by atoms with Crippen LogP contribution in [0.3, 0.4) is 0 Å². The van der Waals surface area contributed by atoms with Gasteiger partial charge in [-0.15, -0.1) is 5.10 Å². The molecule has 0 aliphatic carbocycles. The van der Waals surface area contributed by atoms with Gasteiger partial charge in [0.25, 0.3) is 0 Å². The van der Waals surface area contributed by atoms with E-state index in [0.29, 0.717) is 0 Å². The van der Waals surface area contributed by atoms with Crippen molar-refractivity contribution in [3.63, 3.8) is 0 Å². The second-order valence-corrected chi connectivity index (χ2v) is 5.70. The summed E-state index contributed by atoms with van der Waals surface area (Å²) >= 11 is 3.08. The van der Waals surface area contributed by atoms with Gasteiger partial charge >= 0.3 is 5.13 Å². The largest absolute Gasteiger partial charge is 0.329 e. The highest BCUT2D eigenvalue weighted by atomic mass is 32.2. The molecule has 2 aromatic heterocycles. The molecule has 0 aliphatic rings. The lowest BCUT2D eigenvalue weighted by molar-refractivity contribution is -0.364. The van der Waals surface area contributed by atoms with Crippen molar-refractivity contribution in [2.45, 2.75) is 10.9 Å². The number of H-pyrrole nitrogens is 1. The molecule has 0 amide bonds. The van der Waals surface area contributed by atoms with Crippen LogP contribution in [0, 0.1) is 0 Å². The summed E-state index contributed by atoms with van der Waals surface area (Å²) in [4.78, 5) is 7.39. The summed E-state index contributed by atoms with van der Waals surface area (Å²) in [6.07, 6.45) is 1.73. The zero-order valence-corrected chi connectivity index (χ0v) is 11.6. The fourth-order valence-electron chi connectivity index (χ4n) is 1.58. The number of nitrogens with one attached hydrogen (secondary N) is 1. The SMILES string of the molecule is Nc1[nH+]c(CSc2ncn(-c3ccccc3)n2)cs1. The van der Waals surface area contributed by atoms with E-state index in [4.69, 9.17) is 5.73 Å². The third-order valence-electron chi connectivity index (χ3n) is 2.46. The van der Waals surface area contributed by atoms with E-state index in [9.17, 15) is 0 Å². The van der Waals surface area contributed by atoms with E-state index < -0.39 is 0 Å². The second kappa shape index (κ2) is 5.41. The highest BCUT2D eigenvalue weighted by Gasteiger charge is 2.07. The lowest BCUT2D eigenvalue weighted by Gasteiger charge is -1.97. The van der Waals surface area contributed by atoms with E-state index in [1.54, 1.807) is 22.8 Å². The maximum atomic E-state index is 5.65. The van der Waals surface area contributed by atoms with Crippen LogP contribution < -0.4 is 10.7 Å². The minimum atomic E-state index is 0.721. The summed E-state index contributed by atoms with van der Waals surface area (Å²) in [6, 6.07) is 9.93. The molecule has 3 rings (SSSR count). The molecule has 7 heteroatoms. The van der Waals surface area contributed by atoms with Gasteiger partial charge < -0.3 is 0 Å². The molecule has 0 saturated carbocycles. The number of benzene rings is 1. The van der Waals surface area contributed by atoms with Crippen LogP contribution in [-0.4, -0.2) is 14.8 Å². The molecule has 0 fully saturated rings. The number of hydrogen-bond donors (Lipinski definition) is 1. The summed E-state index contributed by atoms with van der Waals surface area (Å²) in [5.74, 6) is 0.784. The summed E-state index contributed by atoms with van der Waals surface area (Å²) in [5, 5.41) is 7.91. The first kappa shape index (κ1) is 12.2. The molecule has 0 bridgehead atoms. The van der Waals surface area contributed by atoms with Crippen LogP contribution in [0.1, 0.15) is 5.69 Å². The van der Waals surface area contributed by atoms with Gasteiger partial charge in [-0.2, -0.15) is 0 Å². The Labute approximate surface area is 118 Å². The van der Waals surface area contributed by atoms with E-state index in [1.807, 2.05) is 35.7 Å². The van der Waals surface area contributed by atoms with Gasteiger partial charge in [0.2, 0.25) is 5.16 Å². The molecule has 19 heavy (non-hydrogen) atoms. The van der Waals surface area contributed by atoms with E-state index in [0.717, 1.165) is 27.4 Å². The summed E-state index contributed by atoms with van der Waals surface area (Å²) in [6.45, 7) is 0. The minimum absolute atomic E-state index is 0.721. The molecule has 0 unspecified atom stereocenters. The van der Waals surface area contributed by atoms with Crippen molar-refractivity contribution >= 4 is 28.2 Å². The molecule has 3 N–H and O–H groups in total. The fourth-order valence-corrected chi connectivity index (χ4v) is 3.00. The molecule has 0 aliphatic heterocycles. The lowest BCUT2D eigenvalue weighted by atomic mass is 10.3. The molecule has 5 nitrogen and oxygen atoms in total. The van der Waals surface area contributed by atoms with E-state index in [1.165, 1.54) is 11.3 Å². The first-order chi connectivity index (χ1) is 9.31. The third-order valence-corrected chi connectivity index (χ3v) is 4.12. The van der Waals surface area contributed by atoms with Crippen molar-refractivity contribution in [2.75, 3.05) is 5.73 Å². The van der Waals surface area contributed by atoms with Crippen LogP contribution in [0.5, 0.6) is 0 Å². The third kappa shape index (κ3) is 2.94. The van der Waals surface area contributed by atoms with E-state index in [-0.39, 0.29) is 0 Å². The molecule has 3 aromatic rings. The summed E-state index contributed by atoms with van der Waals surface area (Å²) < 4.78 is 1.77. The molecule has 2 heterocycles. The molecule has 0 radical (unpaired) electrons. The first-order valence-electron chi connectivity index (χ1n) is 5.66. The number of para-hydroxylation sites is 1. The Morgan fingerprint density at radius 2 is 2.16 bits per heavy atom. The fraction of sp³-hybridized carbons (Fsp3) is 0.0833. The number of aromatic amines is 1. The van der Waals surface area contributed by atoms with Gasteiger partial charge in [-0.25, -0.2) is 14.6 Å². The van der Waals surface area contributed by atoms with Crippen LogP contribution in [0.2, 0.25) is 0 Å². The number of nitrogen functional groups attached to an aromatic ring is 1. The number of aromatic nitrogens is 4. The van der Waals surface area contributed by atoms with Crippen molar-refractivity contribution in [3.8, 4) is 5.69 Å². The van der Waals surface area contributed by atoms with Crippen molar-refractivity contribution < 1.29 is 4.98 Å². The number of nitrogens with two attached hydrogens (primary N) is 1. The number of thioether (sulfide) groups is 1. The van der Waals surface area contributed by atoms with Gasteiger partial charge in [0.1, 0.15) is 12.0 Å². The van der Waals surface area contributed by atoms with Crippen molar-refractivity contribution in [2.24, 2.45) is 0 Å². The Kier molecular flexibility index (Phi) is 3.47. The van der Waals surface area contributed by atoms with Crippen molar-refractivity contribution in [3.05, 3.63) is 47.7 Å². The smallest absolute Gasteiger partial charge is 0.278 e. The average molecular weight is 290 g/mol. The Morgan fingerprint density at radius 3 is 2.89 bits per heavy atom. The first-order valence-corrected chi connectivity index (χ1v) is 7.53. The normalized spacial score (nSPS) is 10.7.